The molecule has 0 N–H and O–H groups in total. The van der Waals surface area contributed by atoms with Gasteiger partial charge in [0.1, 0.15) is 13.2 Å². The third kappa shape index (κ3) is 8.99. The Hall–Kier alpha value is -1.16. The molecule has 204 valence electrons. The van der Waals surface area contributed by atoms with Gasteiger partial charge in [0, 0.05) is 23.8 Å². The van der Waals surface area contributed by atoms with Crippen molar-refractivity contribution < 1.29 is 22.4 Å². The number of ether oxygens (including phenoxy) is 1. The van der Waals surface area contributed by atoms with E-state index in [0.717, 1.165) is 30.7 Å². The molecule has 0 bridgehead atoms. The first-order valence-electron chi connectivity index (χ1n) is 11.8. The van der Waals surface area contributed by atoms with Gasteiger partial charge < -0.3 is 19.6 Å². The second kappa shape index (κ2) is 15.9. The molecule has 2 aromatic rings. The predicted molar refractivity (Wildman–Crippen MR) is 158 cm³/mol. The zero-order valence-electron chi connectivity index (χ0n) is 24.0. The molecule has 0 amide bonds. The van der Waals surface area contributed by atoms with Crippen molar-refractivity contribution in [2.75, 3.05) is 7.05 Å². The Kier molecular flexibility index (Phi) is 15.4. The summed E-state index contributed by atoms with van der Waals surface area (Å²) in [5, 5.41) is 0. The van der Waals surface area contributed by atoms with Crippen LogP contribution in [0.25, 0.3) is 0 Å². The van der Waals surface area contributed by atoms with Crippen LogP contribution in [0.15, 0.2) is 29.3 Å². The van der Waals surface area contributed by atoms with E-state index < -0.39 is 0 Å². The molecule has 0 radical (unpaired) electrons. The van der Waals surface area contributed by atoms with E-state index in [9.17, 15) is 0 Å². The quantitative estimate of drug-likeness (QED) is 0.154. The van der Waals surface area contributed by atoms with Gasteiger partial charge >= 0.3 is 33.3 Å². The fraction of sp³-hybridized carbons (Fsp3) is 0.467. The van der Waals surface area contributed by atoms with Crippen LogP contribution in [0.3, 0.4) is 0 Å². The summed E-state index contributed by atoms with van der Waals surface area (Å²) in [4.78, 5) is 5.03. The van der Waals surface area contributed by atoms with E-state index in [4.69, 9.17) is 29.9 Å². The molecule has 2 aromatic carbocycles. The first-order valence-corrected chi connectivity index (χ1v) is 14.8. The third-order valence-electron chi connectivity index (χ3n) is 6.62. The zero-order chi connectivity index (χ0) is 25.6. The molecule has 2 unspecified atom stereocenters. The second-order valence-corrected chi connectivity index (χ2v) is 11.4. The van der Waals surface area contributed by atoms with Crippen LogP contribution in [0, 0.1) is 56.4 Å². The van der Waals surface area contributed by atoms with Crippen molar-refractivity contribution in [3.8, 4) is 0 Å². The van der Waals surface area contributed by atoms with E-state index in [1.165, 1.54) is 44.8 Å². The normalized spacial score (nSPS) is 18.4. The molecule has 1 saturated heterocycles. The first-order chi connectivity index (χ1) is 16.0. The summed E-state index contributed by atoms with van der Waals surface area (Å²) >= 11 is 0.194. The summed E-state index contributed by atoms with van der Waals surface area (Å²) in [6.07, 6.45) is 3.45. The number of hydrogen-bond donors (Lipinski definition) is 0. The number of rotatable bonds is 4. The van der Waals surface area contributed by atoms with Gasteiger partial charge in [-0.05, 0) is 91.0 Å². The monoisotopic (exact) mass is 575 g/mol. The summed E-state index contributed by atoms with van der Waals surface area (Å²) < 4.78 is 8.95. The molecular weight excluding hydrogens is 531 g/mol. The molecule has 0 aliphatic carbocycles. The minimum absolute atomic E-state index is 0. The average molecular weight is 576 g/mol. The molecule has 1 heterocycles. The maximum atomic E-state index is 6.62. The van der Waals surface area contributed by atoms with E-state index in [-0.39, 0.29) is 40.2 Å². The van der Waals surface area contributed by atoms with Gasteiger partial charge in [-0.25, -0.2) is 0 Å². The Morgan fingerprint density at radius 2 is 1.25 bits per heavy atom. The molecular formula is C30H45Cl2FeN2O-. The van der Waals surface area contributed by atoms with Crippen molar-refractivity contribution in [2.45, 2.75) is 86.9 Å². The van der Waals surface area contributed by atoms with E-state index in [1.807, 2.05) is 0 Å². The van der Waals surface area contributed by atoms with E-state index in [0.29, 0.717) is 0 Å². The zero-order valence-corrected chi connectivity index (χ0v) is 26.6. The van der Waals surface area contributed by atoms with E-state index in [1.54, 1.807) is 0 Å². The van der Waals surface area contributed by atoms with Crippen LogP contribution in [-0.4, -0.2) is 35.3 Å². The van der Waals surface area contributed by atoms with Crippen molar-refractivity contribution in [3.63, 3.8) is 0 Å². The van der Waals surface area contributed by atoms with Crippen molar-refractivity contribution in [3.05, 3.63) is 72.5 Å². The predicted octanol–water partition coefficient (Wildman–Crippen LogP) is 9.28. The topological polar surface area (TPSA) is 24.6 Å². The fourth-order valence-corrected chi connectivity index (χ4v) is 5.13. The fourth-order valence-electron chi connectivity index (χ4n) is 5.13. The first kappa shape index (κ1) is 34.8. The van der Waals surface area contributed by atoms with Gasteiger partial charge in [0.25, 0.3) is 0 Å². The van der Waals surface area contributed by atoms with E-state index in [2.05, 4.69) is 91.3 Å². The van der Waals surface area contributed by atoms with E-state index >= 15 is 0 Å². The summed E-state index contributed by atoms with van der Waals surface area (Å²) in [5.74, 6) is 0. The summed E-state index contributed by atoms with van der Waals surface area (Å²) in [6, 6.07) is 8.95. The Morgan fingerprint density at radius 1 is 0.833 bits per heavy atom. The molecule has 1 aliphatic heterocycles. The Morgan fingerprint density at radius 3 is 1.72 bits per heavy atom. The van der Waals surface area contributed by atoms with Gasteiger partial charge in [0.15, 0.2) is 5.71 Å². The molecule has 1 aliphatic rings. The Balaban J connectivity index is 0.00000233. The number of halogens is 2. The van der Waals surface area contributed by atoms with Crippen LogP contribution >= 0.6 is 20.2 Å². The number of benzene rings is 2. The molecule has 0 saturated carbocycles. The van der Waals surface area contributed by atoms with Gasteiger partial charge in [0.2, 0.25) is 5.69 Å². The van der Waals surface area contributed by atoms with Crippen LogP contribution in [-0.2, 0) is 17.9 Å². The van der Waals surface area contributed by atoms with Crippen LogP contribution in [0.5, 0.6) is 0 Å². The van der Waals surface area contributed by atoms with Gasteiger partial charge in [-0.15, -0.1) is 0 Å². The molecule has 1 fully saturated rings. The van der Waals surface area contributed by atoms with Crippen molar-refractivity contribution in [1.29, 1.82) is 0 Å². The van der Waals surface area contributed by atoms with Gasteiger partial charge in [-0.1, -0.05) is 23.3 Å². The molecule has 0 spiro atoms. The maximum absolute atomic E-state index is 6.62. The molecule has 2 atom stereocenters. The average Bonchev–Trinajstić information content (AvgIpc) is 2.75. The Bertz CT molecular complexity index is 1030. The standard InChI is InChI=1S/C28H39N2O.2CH3.2ClH.Fe/c1-17-13-19(3)27(20(4)14-17)29-23(7)25-11-10-12-26(31-25)24(8)30(9)28-21(5)15-18(2)16-22(28)6;;;;;/h13-16,25-26H,10-12H2,1-9H3;2*1H3;2*1H;/q+1;2*-1;;;+2/p-2. The molecule has 6 heteroatoms. The van der Waals surface area contributed by atoms with Crippen LogP contribution in [0.2, 0.25) is 0 Å². The molecule has 36 heavy (non-hydrogen) atoms. The van der Waals surface area contributed by atoms with Crippen LogP contribution in [0.1, 0.15) is 66.5 Å². The number of nitrogens with zero attached hydrogens (tertiary/aromatic N) is 2. The minimum atomic E-state index is 0. The number of hydrogen-bond acceptors (Lipinski definition) is 2. The number of aryl methyl sites for hydroxylation is 6. The van der Waals surface area contributed by atoms with Gasteiger partial charge in [-0.3, -0.25) is 4.99 Å². The molecule has 0 aromatic heterocycles. The van der Waals surface area contributed by atoms with Gasteiger partial charge in [0.05, 0.1) is 11.8 Å². The number of aliphatic imine (C=N–C) groups is 1. The van der Waals surface area contributed by atoms with Crippen LogP contribution in [0.4, 0.5) is 11.4 Å². The summed E-state index contributed by atoms with van der Waals surface area (Å²) in [7, 11) is 11.7. The Labute approximate surface area is 236 Å². The van der Waals surface area contributed by atoms with Crippen molar-refractivity contribution in [2.24, 2.45) is 4.99 Å². The van der Waals surface area contributed by atoms with Crippen molar-refractivity contribution in [1.82, 2.24) is 0 Å². The molecule has 3 rings (SSSR count). The summed E-state index contributed by atoms with van der Waals surface area (Å²) in [5.41, 5.74) is 12.4. The van der Waals surface area contributed by atoms with Gasteiger partial charge in [-0.2, -0.15) is 4.58 Å². The van der Waals surface area contributed by atoms with Crippen molar-refractivity contribution >= 4 is 43.0 Å². The SMILES string of the molecule is CC(=Nc1c(C)cc(C)cc1C)C1CCCC(C(C)=[N+](C)c2c(C)cc(C)cc2C)O1.[CH3-].[CH3-].[Cl][Fe][Cl]. The summed E-state index contributed by atoms with van der Waals surface area (Å²) in [6.45, 7) is 17.3. The second-order valence-electron chi connectivity index (χ2n) is 9.54. The van der Waals surface area contributed by atoms with Crippen LogP contribution < -0.4 is 0 Å². The molecule has 3 nitrogen and oxygen atoms in total. The third-order valence-corrected chi connectivity index (χ3v) is 6.62.